The van der Waals surface area contributed by atoms with Gasteiger partial charge in [0, 0.05) is 16.1 Å². The van der Waals surface area contributed by atoms with Crippen molar-refractivity contribution >= 4 is 15.9 Å². The molecule has 1 nitrogen and oxygen atoms in total. The highest BCUT2D eigenvalue weighted by atomic mass is 79.9. The molecule has 0 fully saturated rings. The zero-order valence-corrected chi connectivity index (χ0v) is 11.1. The van der Waals surface area contributed by atoms with Crippen molar-refractivity contribution in [3.05, 3.63) is 69.7 Å². The topological polar surface area (TPSA) is 26.0 Å². The molecule has 0 saturated carbocycles. The molecule has 4 heteroatoms. The second kappa shape index (κ2) is 5.59. The third-order valence-electron chi connectivity index (χ3n) is 2.70. The van der Waals surface area contributed by atoms with Crippen LogP contribution in [-0.2, 0) is 6.42 Å². The first-order valence-corrected chi connectivity index (χ1v) is 6.30. The van der Waals surface area contributed by atoms with Crippen molar-refractivity contribution < 1.29 is 8.78 Å². The third kappa shape index (κ3) is 3.15. The number of nitrogens with two attached hydrogens (primary N) is 1. The van der Waals surface area contributed by atoms with Crippen molar-refractivity contribution in [1.82, 2.24) is 0 Å². The third-order valence-corrected chi connectivity index (χ3v) is 3.20. The predicted molar refractivity (Wildman–Crippen MR) is 71.1 cm³/mol. The van der Waals surface area contributed by atoms with Gasteiger partial charge in [-0.15, -0.1) is 0 Å². The van der Waals surface area contributed by atoms with Crippen molar-refractivity contribution in [1.29, 1.82) is 0 Å². The lowest BCUT2D eigenvalue weighted by molar-refractivity contribution is 0.578. The van der Waals surface area contributed by atoms with E-state index in [0.29, 0.717) is 12.0 Å². The van der Waals surface area contributed by atoms with Crippen LogP contribution < -0.4 is 5.73 Å². The molecule has 1 atom stereocenters. The number of rotatable bonds is 3. The molecule has 0 heterocycles. The Kier molecular flexibility index (Phi) is 4.09. The van der Waals surface area contributed by atoms with E-state index in [1.807, 2.05) is 0 Å². The summed E-state index contributed by atoms with van der Waals surface area (Å²) in [6, 6.07) is 10.3. The van der Waals surface area contributed by atoms with E-state index >= 15 is 0 Å². The Labute approximate surface area is 113 Å². The molecule has 2 aromatic carbocycles. The van der Waals surface area contributed by atoms with Crippen LogP contribution in [0.25, 0.3) is 0 Å². The lowest BCUT2D eigenvalue weighted by atomic mass is 9.99. The van der Waals surface area contributed by atoms with E-state index in [2.05, 4.69) is 15.9 Å². The lowest BCUT2D eigenvalue weighted by Gasteiger charge is -2.13. The molecule has 0 aliphatic rings. The van der Waals surface area contributed by atoms with Crippen molar-refractivity contribution in [2.45, 2.75) is 12.5 Å². The molecule has 18 heavy (non-hydrogen) atoms. The Bertz CT molecular complexity index is 557. The van der Waals surface area contributed by atoms with Gasteiger partial charge in [0.15, 0.2) is 0 Å². The molecule has 0 amide bonds. The van der Waals surface area contributed by atoms with E-state index in [0.717, 1.165) is 10.0 Å². The van der Waals surface area contributed by atoms with Gasteiger partial charge < -0.3 is 5.73 Å². The Hall–Kier alpha value is -1.26. The average Bonchev–Trinajstić information content (AvgIpc) is 2.32. The fraction of sp³-hybridized carbons (Fsp3) is 0.143. The Morgan fingerprint density at radius 3 is 2.61 bits per heavy atom. The molecule has 0 aliphatic carbocycles. The molecule has 0 bridgehead atoms. The van der Waals surface area contributed by atoms with Gasteiger partial charge in [-0.2, -0.15) is 0 Å². The summed E-state index contributed by atoms with van der Waals surface area (Å²) in [5.41, 5.74) is 7.14. The van der Waals surface area contributed by atoms with Crippen LogP contribution in [0.5, 0.6) is 0 Å². The molecular formula is C14H12BrF2N. The molecule has 0 aliphatic heterocycles. The molecule has 2 rings (SSSR count). The predicted octanol–water partition coefficient (Wildman–Crippen LogP) is 3.97. The fourth-order valence-corrected chi connectivity index (χ4v) is 2.21. The molecule has 0 aromatic heterocycles. The van der Waals surface area contributed by atoms with Crippen molar-refractivity contribution in [2.24, 2.45) is 5.73 Å². The minimum absolute atomic E-state index is 0.311. The highest BCUT2D eigenvalue weighted by molar-refractivity contribution is 9.10. The fourth-order valence-electron chi connectivity index (χ4n) is 1.83. The number of halogens is 3. The minimum Gasteiger partial charge on any atom is -0.324 e. The van der Waals surface area contributed by atoms with Crippen LogP contribution in [0.4, 0.5) is 8.78 Å². The van der Waals surface area contributed by atoms with E-state index in [-0.39, 0.29) is 11.6 Å². The van der Waals surface area contributed by atoms with Crippen LogP contribution >= 0.6 is 15.9 Å². The molecule has 0 radical (unpaired) electrons. The van der Waals surface area contributed by atoms with Crippen LogP contribution in [0.2, 0.25) is 0 Å². The van der Waals surface area contributed by atoms with Crippen LogP contribution in [0.1, 0.15) is 17.2 Å². The lowest BCUT2D eigenvalue weighted by Crippen LogP contribution is -2.15. The van der Waals surface area contributed by atoms with Gasteiger partial charge in [-0.25, -0.2) is 8.78 Å². The summed E-state index contributed by atoms with van der Waals surface area (Å²) in [5.74, 6) is -0.656. The normalized spacial score (nSPS) is 12.4. The first-order valence-electron chi connectivity index (χ1n) is 5.51. The highest BCUT2D eigenvalue weighted by Gasteiger charge is 2.12. The van der Waals surface area contributed by atoms with Gasteiger partial charge >= 0.3 is 0 Å². The zero-order chi connectivity index (χ0) is 13.1. The second-order valence-electron chi connectivity index (χ2n) is 4.11. The largest absolute Gasteiger partial charge is 0.324 e. The summed E-state index contributed by atoms with van der Waals surface area (Å²) in [5, 5.41) is 0. The molecule has 0 spiro atoms. The Morgan fingerprint density at radius 2 is 1.89 bits per heavy atom. The van der Waals surface area contributed by atoms with E-state index in [1.54, 1.807) is 24.3 Å². The van der Waals surface area contributed by atoms with Gasteiger partial charge in [-0.05, 0) is 42.3 Å². The van der Waals surface area contributed by atoms with Crippen LogP contribution in [-0.4, -0.2) is 0 Å². The summed E-state index contributed by atoms with van der Waals surface area (Å²) in [6.45, 7) is 0. The first-order chi connectivity index (χ1) is 8.56. The molecule has 1 unspecified atom stereocenters. The highest BCUT2D eigenvalue weighted by Crippen LogP contribution is 2.23. The molecule has 2 N–H and O–H groups in total. The minimum atomic E-state index is -0.496. The summed E-state index contributed by atoms with van der Waals surface area (Å²) in [6.07, 6.45) is 0.394. The Balaban J connectivity index is 2.21. The monoisotopic (exact) mass is 311 g/mol. The van der Waals surface area contributed by atoms with E-state index in [9.17, 15) is 8.78 Å². The van der Waals surface area contributed by atoms with E-state index in [4.69, 9.17) is 5.73 Å². The van der Waals surface area contributed by atoms with Crippen LogP contribution in [0.3, 0.4) is 0 Å². The molecule has 0 saturated heterocycles. The second-order valence-corrected chi connectivity index (χ2v) is 5.02. The van der Waals surface area contributed by atoms with Gasteiger partial charge in [-0.1, -0.05) is 28.1 Å². The quantitative estimate of drug-likeness (QED) is 0.912. The van der Waals surface area contributed by atoms with Crippen molar-refractivity contribution in [3.8, 4) is 0 Å². The maximum absolute atomic E-state index is 13.6. The smallest absolute Gasteiger partial charge is 0.128 e. The number of hydrogen-bond acceptors (Lipinski definition) is 1. The van der Waals surface area contributed by atoms with Gasteiger partial charge in [0.1, 0.15) is 11.6 Å². The van der Waals surface area contributed by atoms with Gasteiger partial charge in [0.25, 0.3) is 0 Å². The van der Waals surface area contributed by atoms with Gasteiger partial charge in [0.05, 0.1) is 0 Å². The van der Waals surface area contributed by atoms with Gasteiger partial charge in [0.2, 0.25) is 0 Å². The molecular weight excluding hydrogens is 300 g/mol. The Morgan fingerprint density at radius 1 is 1.11 bits per heavy atom. The van der Waals surface area contributed by atoms with Gasteiger partial charge in [-0.3, -0.25) is 0 Å². The maximum Gasteiger partial charge on any atom is 0.128 e. The van der Waals surface area contributed by atoms with Crippen LogP contribution in [0.15, 0.2) is 46.9 Å². The summed E-state index contributed by atoms with van der Waals surface area (Å²) in [4.78, 5) is 0. The zero-order valence-electron chi connectivity index (χ0n) is 9.54. The average molecular weight is 312 g/mol. The van der Waals surface area contributed by atoms with Crippen molar-refractivity contribution in [2.75, 3.05) is 0 Å². The maximum atomic E-state index is 13.6. The summed E-state index contributed by atoms with van der Waals surface area (Å²) in [7, 11) is 0. The summed E-state index contributed by atoms with van der Waals surface area (Å²) >= 11 is 3.28. The molecule has 2 aromatic rings. The van der Waals surface area contributed by atoms with E-state index in [1.165, 1.54) is 18.2 Å². The first kappa shape index (κ1) is 13.2. The SMILES string of the molecule is NC(Cc1cccc(F)c1)c1cc(Br)ccc1F. The molecule has 94 valence electrons. The standard InChI is InChI=1S/C14H12BrF2N/c15-10-4-5-13(17)12(8-10)14(18)7-9-2-1-3-11(16)6-9/h1-6,8,14H,7,18H2. The van der Waals surface area contributed by atoms with Crippen molar-refractivity contribution in [3.63, 3.8) is 0 Å². The van der Waals surface area contributed by atoms with Crippen LogP contribution in [0, 0.1) is 11.6 Å². The van der Waals surface area contributed by atoms with E-state index < -0.39 is 6.04 Å². The summed E-state index contributed by atoms with van der Waals surface area (Å²) < 4.78 is 27.4. The number of benzene rings is 2. The number of hydrogen-bond donors (Lipinski definition) is 1.